The first-order valence-corrected chi connectivity index (χ1v) is 13.3. The summed E-state index contributed by atoms with van der Waals surface area (Å²) in [5.74, 6) is 0.991. The van der Waals surface area contributed by atoms with Crippen LogP contribution in [0.5, 0.6) is 5.75 Å². The lowest BCUT2D eigenvalue weighted by Gasteiger charge is -2.61. The second kappa shape index (κ2) is 11.5. The molecule has 13 heteroatoms. The summed E-state index contributed by atoms with van der Waals surface area (Å²) < 4.78 is 44.1. The van der Waals surface area contributed by atoms with E-state index in [0.717, 1.165) is 0 Å². The number of aliphatic hydroxyl groups is 1. The normalized spacial score (nSPS) is 18.2. The number of hydrogen-bond acceptors (Lipinski definition) is 9. The maximum Gasteiger partial charge on any atom is 0.401 e. The van der Waals surface area contributed by atoms with Crippen molar-refractivity contribution in [1.29, 1.82) is 0 Å². The summed E-state index contributed by atoms with van der Waals surface area (Å²) in [5.41, 5.74) is 7.89. The number of likely N-dealkylation sites (tertiary alicyclic amines) is 1. The molecule has 2 saturated heterocycles. The number of nitrogens with zero attached hydrogens (tertiary/aromatic N) is 4. The molecule has 1 atom stereocenters. The largest absolute Gasteiger partial charge is 0.491 e. The number of likely N-dealkylation sites (N-methyl/N-ethyl adjacent to an activating group) is 1. The van der Waals surface area contributed by atoms with E-state index in [-0.39, 0.29) is 29.2 Å². The van der Waals surface area contributed by atoms with Gasteiger partial charge in [-0.1, -0.05) is 11.6 Å². The van der Waals surface area contributed by atoms with Crippen LogP contribution in [-0.2, 0) is 4.79 Å². The summed E-state index contributed by atoms with van der Waals surface area (Å²) in [6.45, 7) is 6.10. The van der Waals surface area contributed by atoms with Crippen molar-refractivity contribution in [1.82, 2.24) is 20.2 Å². The van der Waals surface area contributed by atoms with Gasteiger partial charge in [0.25, 0.3) is 0 Å². The number of Topliss-reactive ketones (excluding diaryl/α,β-unsaturated/α-hetero) is 1. The third kappa shape index (κ3) is 6.51. The number of aliphatic hydroxyl groups excluding tert-OH is 1. The van der Waals surface area contributed by atoms with Crippen molar-refractivity contribution < 1.29 is 27.8 Å². The maximum absolute atomic E-state index is 12.8. The lowest BCUT2D eigenvalue weighted by atomic mass is 9.72. The average molecular weight is 583 g/mol. The number of ether oxygens (including phenoxy) is 1. The highest BCUT2D eigenvalue weighted by atomic mass is 35.5. The minimum atomic E-state index is -4.23. The van der Waals surface area contributed by atoms with Crippen molar-refractivity contribution in [3.05, 3.63) is 40.2 Å². The van der Waals surface area contributed by atoms with Gasteiger partial charge in [-0.2, -0.15) is 13.2 Å². The van der Waals surface area contributed by atoms with Crippen LogP contribution in [0.2, 0.25) is 5.02 Å². The number of rotatable bonds is 10. The second-order valence-electron chi connectivity index (χ2n) is 10.7. The van der Waals surface area contributed by atoms with Crippen molar-refractivity contribution >= 4 is 28.8 Å². The Bertz CT molecular complexity index is 1300. The van der Waals surface area contributed by atoms with Gasteiger partial charge in [0, 0.05) is 55.0 Å². The Morgan fingerprint density at radius 2 is 1.93 bits per heavy atom. The van der Waals surface area contributed by atoms with E-state index in [4.69, 9.17) is 32.0 Å². The minimum absolute atomic E-state index is 0.0535. The molecule has 0 unspecified atom stereocenters. The van der Waals surface area contributed by atoms with E-state index in [1.165, 1.54) is 11.8 Å². The molecular formula is C27H34ClF3N6O3. The van der Waals surface area contributed by atoms with Crippen LogP contribution in [0.1, 0.15) is 25.1 Å². The van der Waals surface area contributed by atoms with E-state index in [1.54, 1.807) is 39.1 Å². The molecule has 1 aromatic carbocycles. The third-order valence-corrected chi connectivity index (χ3v) is 7.37. The molecule has 2 aliphatic rings. The zero-order chi connectivity index (χ0) is 29.4. The first-order chi connectivity index (χ1) is 18.7. The number of ketones is 1. The number of allylic oxidation sites excluding steroid dienone is 2. The van der Waals surface area contributed by atoms with Crippen LogP contribution in [0.3, 0.4) is 0 Å². The predicted octanol–water partition coefficient (Wildman–Crippen LogP) is 3.03. The predicted molar refractivity (Wildman–Crippen MR) is 147 cm³/mol. The fourth-order valence-corrected chi connectivity index (χ4v) is 5.64. The van der Waals surface area contributed by atoms with Crippen LogP contribution in [0.4, 0.5) is 19.0 Å². The molecule has 0 bridgehead atoms. The zero-order valence-electron chi connectivity index (χ0n) is 22.9. The van der Waals surface area contributed by atoms with E-state index in [2.05, 4.69) is 5.32 Å². The Kier molecular flexibility index (Phi) is 8.65. The molecule has 0 radical (unpaired) electrons. The van der Waals surface area contributed by atoms with E-state index in [0.29, 0.717) is 71.8 Å². The Balaban J connectivity index is 1.68. The second-order valence-corrected chi connectivity index (χ2v) is 11.1. The maximum atomic E-state index is 12.8. The van der Waals surface area contributed by atoms with Crippen molar-refractivity contribution in [2.45, 2.75) is 33.1 Å². The molecule has 218 valence electrons. The number of anilines is 1. The molecule has 4 rings (SSSR count). The van der Waals surface area contributed by atoms with Crippen LogP contribution < -0.4 is 20.7 Å². The van der Waals surface area contributed by atoms with Crippen molar-refractivity contribution in [2.24, 2.45) is 11.1 Å². The molecule has 1 spiro atoms. The number of halogens is 4. The fraction of sp³-hybridized carbons (Fsp3) is 0.519. The Morgan fingerprint density at radius 3 is 2.50 bits per heavy atom. The molecule has 0 amide bonds. The average Bonchev–Trinajstić information content (AvgIpc) is 2.80. The molecule has 0 saturated carbocycles. The van der Waals surface area contributed by atoms with E-state index >= 15 is 0 Å². The molecule has 9 nitrogen and oxygen atoms in total. The molecule has 4 N–H and O–H groups in total. The summed E-state index contributed by atoms with van der Waals surface area (Å²) in [5, 5.41) is 13.2. The van der Waals surface area contributed by atoms with Crippen LogP contribution in [0.25, 0.3) is 17.0 Å². The van der Waals surface area contributed by atoms with Gasteiger partial charge in [0.15, 0.2) is 11.6 Å². The lowest BCUT2D eigenvalue weighted by Crippen LogP contribution is -2.73. The number of aromatic nitrogens is 2. The molecular weight excluding hydrogens is 549 g/mol. The number of nitrogens with one attached hydrogen (secondary N) is 1. The summed E-state index contributed by atoms with van der Waals surface area (Å²) in [7, 11) is 1.73. The number of hydrogen-bond donors (Lipinski definition) is 3. The molecule has 1 aromatic heterocycles. The van der Waals surface area contributed by atoms with Gasteiger partial charge in [0.1, 0.15) is 24.3 Å². The molecule has 0 aliphatic carbocycles. The van der Waals surface area contributed by atoms with Crippen LogP contribution >= 0.6 is 11.6 Å². The van der Waals surface area contributed by atoms with Gasteiger partial charge in [-0.25, -0.2) is 9.97 Å². The summed E-state index contributed by atoms with van der Waals surface area (Å²) in [6.07, 6.45) is -4.94. The quantitative estimate of drug-likeness (QED) is 0.363. The van der Waals surface area contributed by atoms with Crippen LogP contribution in [0, 0.1) is 12.3 Å². The summed E-state index contributed by atoms with van der Waals surface area (Å²) in [6, 6.07) is 4.97. The summed E-state index contributed by atoms with van der Waals surface area (Å²) in [4.78, 5) is 25.5. The number of carbonyl (C=O) groups is 1. The highest BCUT2D eigenvalue weighted by Crippen LogP contribution is 2.44. The monoisotopic (exact) mass is 582 g/mol. The Morgan fingerprint density at radius 1 is 1.25 bits per heavy atom. The summed E-state index contributed by atoms with van der Waals surface area (Å²) >= 11 is 6.56. The van der Waals surface area contributed by atoms with Gasteiger partial charge in [-0.05, 0) is 46.0 Å². The highest BCUT2D eigenvalue weighted by Gasteiger charge is 2.54. The number of alkyl halides is 3. The third-order valence-electron chi connectivity index (χ3n) is 7.04. The first-order valence-electron chi connectivity index (χ1n) is 12.9. The topological polar surface area (TPSA) is 117 Å². The number of benzene rings is 1. The van der Waals surface area contributed by atoms with Crippen molar-refractivity contribution in [2.75, 3.05) is 57.8 Å². The van der Waals surface area contributed by atoms with Crippen molar-refractivity contribution in [3.63, 3.8) is 0 Å². The van der Waals surface area contributed by atoms with Gasteiger partial charge in [0.2, 0.25) is 0 Å². The Labute approximate surface area is 236 Å². The molecule has 2 aliphatic heterocycles. The van der Waals surface area contributed by atoms with E-state index in [1.807, 2.05) is 4.90 Å². The number of nitrogens with two attached hydrogens (primary N) is 1. The smallest absolute Gasteiger partial charge is 0.401 e. The van der Waals surface area contributed by atoms with Gasteiger partial charge in [0.05, 0.1) is 22.8 Å². The van der Waals surface area contributed by atoms with Gasteiger partial charge < -0.3 is 25.8 Å². The fourth-order valence-electron chi connectivity index (χ4n) is 5.44. The molecule has 2 aromatic rings. The zero-order valence-corrected chi connectivity index (χ0v) is 23.7. The highest BCUT2D eigenvalue weighted by molar-refractivity contribution is 6.33. The van der Waals surface area contributed by atoms with Crippen LogP contribution in [0.15, 0.2) is 23.9 Å². The molecule has 2 fully saturated rings. The van der Waals surface area contributed by atoms with E-state index < -0.39 is 18.8 Å². The Hall–Kier alpha value is -2.93. The minimum Gasteiger partial charge on any atom is -0.491 e. The lowest BCUT2D eigenvalue weighted by molar-refractivity contribution is -0.172. The standard InChI is InChI=1S/C27H34ClF3N6O3/c1-15-23(22(16(2)32)17(3)38)34-24(20-7-19(5-6-21(20)28)40-9-18(39)8-33-4)35-25(15)37-12-26(13-37)10-36(11-26)14-27(29,30)31/h5-7,18,33,39H,8-14,32H2,1-4H3/t18-/m1/s1. The van der Waals surface area contributed by atoms with Gasteiger partial charge in [-0.3, -0.25) is 9.69 Å². The van der Waals surface area contributed by atoms with Gasteiger partial charge in [-0.15, -0.1) is 0 Å². The van der Waals surface area contributed by atoms with Gasteiger partial charge >= 0.3 is 6.18 Å². The molecule has 3 heterocycles. The van der Waals surface area contributed by atoms with E-state index in [9.17, 15) is 23.1 Å². The first kappa shape index (κ1) is 30.0. The number of carbonyl (C=O) groups excluding carboxylic acids is 1. The van der Waals surface area contributed by atoms with Crippen LogP contribution in [-0.4, -0.2) is 91.0 Å². The SMILES string of the molecule is CNC[C@@H](O)COc1ccc(Cl)c(-c2nc(C(C(C)=O)=C(C)N)c(C)c(N3CC4(CN(CC(F)(F)F)C4)C3)n2)c1. The molecule has 40 heavy (non-hydrogen) atoms. The van der Waals surface area contributed by atoms with Crippen molar-refractivity contribution in [3.8, 4) is 17.1 Å².